The second kappa shape index (κ2) is 8.48. The highest BCUT2D eigenvalue weighted by Gasteiger charge is 2.32. The molecule has 0 bridgehead atoms. The Kier molecular flexibility index (Phi) is 5.62. The van der Waals surface area contributed by atoms with Crippen molar-refractivity contribution >= 4 is 23.7 Å². The summed E-state index contributed by atoms with van der Waals surface area (Å²) in [6, 6.07) is 18.6. The maximum atomic E-state index is 12.8. The Hall–Kier alpha value is -3.13. The summed E-state index contributed by atoms with van der Waals surface area (Å²) in [6.07, 6.45) is 2.18. The zero-order valence-electron chi connectivity index (χ0n) is 15.9. The molecule has 1 unspecified atom stereocenters. The van der Waals surface area contributed by atoms with Gasteiger partial charge in [-0.3, -0.25) is 10.1 Å². The fourth-order valence-electron chi connectivity index (χ4n) is 2.97. The minimum absolute atomic E-state index is 0.395. The highest BCUT2D eigenvalue weighted by molar-refractivity contribution is 8.00. The number of imide groups is 1. The van der Waals surface area contributed by atoms with Crippen LogP contribution < -0.4 is 10.6 Å². The van der Waals surface area contributed by atoms with Crippen LogP contribution in [0.4, 0.5) is 4.79 Å². The molecule has 1 aliphatic rings. The number of amides is 3. The van der Waals surface area contributed by atoms with Crippen LogP contribution in [0, 0.1) is 0 Å². The van der Waals surface area contributed by atoms with Crippen molar-refractivity contribution in [1.29, 1.82) is 0 Å². The third-order valence-electron chi connectivity index (χ3n) is 4.58. The van der Waals surface area contributed by atoms with E-state index < -0.39 is 17.2 Å². The Balaban J connectivity index is 1.65. The molecule has 1 heterocycles. The number of carbonyl (C=O) groups excluding carboxylic acids is 2. The summed E-state index contributed by atoms with van der Waals surface area (Å²) in [4.78, 5) is 29.2. The van der Waals surface area contributed by atoms with Crippen molar-refractivity contribution in [1.82, 2.24) is 25.4 Å². The van der Waals surface area contributed by atoms with Crippen molar-refractivity contribution in [2.45, 2.75) is 29.2 Å². The molecular weight excluding hydrogens is 386 g/mol. The van der Waals surface area contributed by atoms with Crippen LogP contribution in [0.15, 0.2) is 65.8 Å². The van der Waals surface area contributed by atoms with Crippen LogP contribution in [0.1, 0.15) is 35.4 Å². The molecule has 2 aromatic carbocycles. The minimum Gasteiger partial charge on any atom is -0.341 e. The van der Waals surface area contributed by atoms with E-state index >= 15 is 0 Å². The zero-order valence-corrected chi connectivity index (χ0v) is 16.7. The topological polar surface area (TPSA) is 88.9 Å². The molecule has 0 spiro atoms. The summed E-state index contributed by atoms with van der Waals surface area (Å²) >= 11 is 1.24. The number of thioether (sulfide) groups is 1. The van der Waals surface area contributed by atoms with Crippen molar-refractivity contribution in [2.24, 2.45) is 0 Å². The van der Waals surface area contributed by atoms with Crippen molar-refractivity contribution in [2.75, 3.05) is 7.05 Å². The van der Waals surface area contributed by atoms with E-state index in [2.05, 4.69) is 15.7 Å². The fourth-order valence-corrected chi connectivity index (χ4v) is 3.91. The van der Waals surface area contributed by atoms with E-state index in [1.165, 1.54) is 18.8 Å². The van der Waals surface area contributed by atoms with Crippen LogP contribution in [0.25, 0.3) is 5.69 Å². The normalized spacial score (nSPS) is 14.2. The van der Waals surface area contributed by atoms with E-state index in [4.69, 9.17) is 4.98 Å². The number of hydrogen-bond donors (Lipinski definition) is 2. The molecule has 29 heavy (non-hydrogen) atoms. The minimum atomic E-state index is -0.646. The Bertz CT molecular complexity index is 1000. The molecule has 3 aromatic rings. The lowest BCUT2D eigenvalue weighted by Crippen LogP contribution is -2.39. The summed E-state index contributed by atoms with van der Waals surface area (Å²) in [6.45, 7) is 0. The largest absolute Gasteiger partial charge is 0.341 e. The molecule has 1 saturated carbocycles. The molecule has 2 N–H and O–H groups in total. The highest BCUT2D eigenvalue weighted by Crippen LogP contribution is 2.42. The molecular formula is C21H21N5O2S. The van der Waals surface area contributed by atoms with Gasteiger partial charge >= 0.3 is 6.03 Å². The Morgan fingerprint density at radius 2 is 1.72 bits per heavy atom. The second-order valence-electron chi connectivity index (χ2n) is 6.75. The lowest BCUT2D eigenvalue weighted by molar-refractivity contribution is -0.119. The van der Waals surface area contributed by atoms with E-state index in [9.17, 15) is 9.59 Å². The molecule has 1 aliphatic carbocycles. The average Bonchev–Trinajstić information content (AvgIpc) is 3.52. The number of carbonyl (C=O) groups is 2. The van der Waals surface area contributed by atoms with Crippen LogP contribution in [0.5, 0.6) is 0 Å². The molecule has 4 rings (SSSR count). The van der Waals surface area contributed by atoms with Gasteiger partial charge in [0, 0.05) is 13.0 Å². The predicted octanol–water partition coefficient (Wildman–Crippen LogP) is 3.43. The quantitative estimate of drug-likeness (QED) is 0.611. The van der Waals surface area contributed by atoms with Gasteiger partial charge in [0.2, 0.25) is 11.1 Å². The van der Waals surface area contributed by atoms with Crippen LogP contribution in [0.2, 0.25) is 0 Å². The Labute approximate surface area is 172 Å². The highest BCUT2D eigenvalue weighted by atomic mass is 32.2. The molecule has 1 aromatic heterocycles. The first kappa shape index (κ1) is 19.2. The number of nitrogens with one attached hydrogen (secondary N) is 2. The van der Waals surface area contributed by atoms with Crippen LogP contribution in [-0.4, -0.2) is 33.8 Å². The van der Waals surface area contributed by atoms with Crippen LogP contribution in [0.3, 0.4) is 0 Å². The van der Waals surface area contributed by atoms with Crippen molar-refractivity contribution in [3.05, 3.63) is 72.1 Å². The number of aromatic nitrogens is 3. The standard InChI is InChI=1S/C21H21N5O2S/c1-22-20(28)24-19(27)17(14-8-4-2-5-9-14)29-21-23-18(15-12-13-15)26(25-21)16-10-6-3-7-11-16/h2-11,15,17H,12-13H2,1H3,(H2,22,24,27,28). The third kappa shape index (κ3) is 4.48. The zero-order chi connectivity index (χ0) is 20.2. The first-order valence-electron chi connectivity index (χ1n) is 9.42. The molecule has 3 amide bonds. The van der Waals surface area contributed by atoms with E-state index in [1.54, 1.807) is 0 Å². The molecule has 8 heteroatoms. The maximum absolute atomic E-state index is 12.8. The SMILES string of the molecule is CNC(=O)NC(=O)C(Sc1nc(C2CC2)n(-c2ccccc2)n1)c1ccccc1. The third-order valence-corrected chi connectivity index (χ3v) is 5.69. The number of benzene rings is 2. The molecule has 7 nitrogen and oxygen atoms in total. The molecule has 1 fully saturated rings. The summed E-state index contributed by atoms with van der Waals surface area (Å²) in [7, 11) is 1.47. The monoisotopic (exact) mass is 407 g/mol. The van der Waals surface area contributed by atoms with Gasteiger partial charge in [0.25, 0.3) is 0 Å². The van der Waals surface area contributed by atoms with Gasteiger partial charge in [-0.15, -0.1) is 5.10 Å². The predicted molar refractivity (Wildman–Crippen MR) is 111 cm³/mol. The Morgan fingerprint density at radius 1 is 1.07 bits per heavy atom. The van der Waals surface area contributed by atoms with Gasteiger partial charge in [0.15, 0.2) is 0 Å². The number of para-hydroxylation sites is 1. The number of rotatable bonds is 6. The van der Waals surface area contributed by atoms with Gasteiger partial charge in [-0.1, -0.05) is 60.3 Å². The smallest absolute Gasteiger partial charge is 0.321 e. The lowest BCUT2D eigenvalue weighted by atomic mass is 10.1. The van der Waals surface area contributed by atoms with Gasteiger partial charge in [-0.2, -0.15) is 0 Å². The summed E-state index contributed by atoms with van der Waals surface area (Å²) < 4.78 is 1.86. The first-order valence-corrected chi connectivity index (χ1v) is 10.3. The lowest BCUT2D eigenvalue weighted by Gasteiger charge is -2.14. The number of hydrogen-bond acceptors (Lipinski definition) is 5. The van der Waals surface area contributed by atoms with Gasteiger partial charge in [0.1, 0.15) is 11.1 Å². The maximum Gasteiger partial charge on any atom is 0.321 e. The summed E-state index contributed by atoms with van der Waals surface area (Å²) in [5, 5.41) is 9.31. The number of nitrogens with zero attached hydrogens (tertiary/aromatic N) is 3. The van der Waals surface area contributed by atoms with Gasteiger partial charge in [0.05, 0.1) is 5.69 Å². The molecule has 1 atom stereocenters. The van der Waals surface area contributed by atoms with Crippen molar-refractivity contribution < 1.29 is 9.59 Å². The summed E-state index contributed by atoms with van der Waals surface area (Å²) in [5.41, 5.74) is 1.72. The van der Waals surface area contributed by atoms with Crippen LogP contribution in [-0.2, 0) is 4.79 Å². The van der Waals surface area contributed by atoms with E-state index in [-0.39, 0.29) is 0 Å². The summed E-state index contributed by atoms with van der Waals surface area (Å²) in [5.74, 6) is 0.897. The van der Waals surface area contributed by atoms with E-state index in [0.29, 0.717) is 11.1 Å². The first-order chi connectivity index (χ1) is 14.2. The average molecular weight is 407 g/mol. The Morgan fingerprint density at radius 3 is 2.34 bits per heavy atom. The van der Waals surface area contributed by atoms with Gasteiger partial charge < -0.3 is 5.32 Å². The molecule has 0 aliphatic heterocycles. The fraction of sp³-hybridized carbons (Fsp3) is 0.238. The van der Waals surface area contributed by atoms with Gasteiger partial charge in [-0.25, -0.2) is 14.5 Å². The molecule has 0 radical (unpaired) electrons. The van der Waals surface area contributed by atoms with Crippen molar-refractivity contribution in [3.8, 4) is 5.69 Å². The van der Waals surface area contributed by atoms with Crippen molar-refractivity contribution in [3.63, 3.8) is 0 Å². The van der Waals surface area contributed by atoms with E-state index in [0.717, 1.165) is 29.9 Å². The number of urea groups is 1. The molecule has 148 valence electrons. The van der Waals surface area contributed by atoms with Gasteiger partial charge in [-0.05, 0) is 30.5 Å². The van der Waals surface area contributed by atoms with E-state index in [1.807, 2.05) is 65.3 Å². The second-order valence-corrected chi connectivity index (χ2v) is 7.82. The molecule has 0 saturated heterocycles. The van der Waals surface area contributed by atoms with Crippen LogP contribution >= 0.6 is 11.8 Å².